The predicted molar refractivity (Wildman–Crippen MR) is 239 cm³/mol. The van der Waals surface area contributed by atoms with Crippen LogP contribution in [0, 0.1) is 0 Å². The average molecular weight is 1070 g/mol. The largest absolute Gasteiger partial charge is 0.463 e. The molecule has 4 N–H and O–H groups in total. The molecule has 2 amide bonds. The Kier molecular flexibility index (Phi) is 31.2. The van der Waals surface area contributed by atoms with Crippen LogP contribution in [0.3, 0.4) is 0 Å². The van der Waals surface area contributed by atoms with Crippen LogP contribution >= 0.6 is 21.6 Å². The molecule has 10 atom stereocenters. The van der Waals surface area contributed by atoms with Crippen molar-refractivity contribution in [3.05, 3.63) is 0 Å². The topological polar surface area (TPSA) is 394 Å². The standard InChI is InChI=1S/C18H28N2O12S2.C15H19NO10.C3H9NO2S2.CH4/c1-9(21)28-8-13-14(29-10(2)22)15(30-11(3)23)16(31-12(4)24)17(32-13)20-18(25)19-6-7-33-34(5,26)27;1-7(18)22-5-11-12(23-8(2)19)13(24-9(3)20)14(25-10(4)21)15(26-11)16-6-17;1-8(5,6)7-3-2-4;/h13-17H,6-8H2,1-5H3,(H2,19,20,25);11-15H,5H2,1-4H3;2-4H2,1H3;1H4. The quantitative estimate of drug-likeness (QED) is 0.0339. The van der Waals surface area contributed by atoms with Crippen LogP contribution in [0.1, 0.15) is 62.8 Å². The molecule has 2 fully saturated rings. The van der Waals surface area contributed by atoms with Gasteiger partial charge in [-0.1, -0.05) is 7.43 Å². The fourth-order valence-corrected chi connectivity index (χ4v) is 8.69. The van der Waals surface area contributed by atoms with Crippen molar-refractivity contribution in [1.82, 2.24) is 10.6 Å². The highest BCUT2D eigenvalue weighted by molar-refractivity contribution is 8.72. The van der Waals surface area contributed by atoms with Gasteiger partial charge in [0.05, 0.1) is 0 Å². The Morgan fingerprint density at radius 1 is 0.565 bits per heavy atom. The second-order valence-corrected chi connectivity index (χ2v) is 22.8. The maximum atomic E-state index is 12.3. The average Bonchev–Trinajstić information content (AvgIpc) is 3.17. The Hall–Kier alpha value is -5.11. The van der Waals surface area contributed by atoms with Crippen LogP contribution in [0.4, 0.5) is 4.79 Å². The molecule has 0 aromatic carbocycles. The van der Waals surface area contributed by atoms with Gasteiger partial charge in [-0.05, 0) is 21.6 Å². The van der Waals surface area contributed by atoms with E-state index in [1.165, 1.54) is 12.3 Å². The van der Waals surface area contributed by atoms with E-state index in [1.54, 1.807) is 0 Å². The number of carbonyl (C=O) groups excluding carboxylic acids is 10. The van der Waals surface area contributed by atoms with Crippen molar-refractivity contribution in [2.75, 3.05) is 50.3 Å². The van der Waals surface area contributed by atoms with E-state index in [-0.39, 0.29) is 26.3 Å². The monoisotopic (exact) mass is 1070 g/mol. The molecule has 10 unspecified atom stereocenters. The first-order valence-electron chi connectivity index (χ1n) is 19.5. The number of urea groups is 1. The van der Waals surface area contributed by atoms with Crippen molar-refractivity contribution >= 4 is 99.2 Å². The molecule has 0 radical (unpaired) electrons. The third-order valence-corrected chi connectivity index (χ3v) is 12.7. The molecule has 32 heteroatoms. The first-order chi connectivity index (χ1) is 31.4. The number of rotatable bonds is 19. The van der Waals surface area contributed by atoms with Crippen LogP contribution in [-0.2, 0) is 108 Å². The number of nitrogens with two attached hydrogens (primary N) is 1. The lowest BCUT2D eigenvalue weighted by Crippen LogP contribution is -2.66. The van der Waals surface area contributed by atoms with Gasteiger partial charge in [-0.3, -0.25) is 38.4 Å². The predicted octanol–water partition coefficient (Wildman–Crippen LogP) is -1.26. The van der Waals surface area contributed by atoms with E-state index in [9.17, 15) is 64.8 Å². The highest BCUT2D eigenvalue weighted by Crippen LogP contribution is 2.30. The van der Waals surface area contributed by atoms with Gasteiger partial charge in [0, 0.05) is 92.5 Å². The number of hydrogen-bond acceptors (Lipinski definition) is 28. The highest BCUT2D eigenvalue weighted by Gasteiger charge is 2.54. The van der Waals surface area contributed by atoms with Crippen molar-refractivity contribution in [1.29, 1.82) is 0 Å². The Labute approximate surface area is 405 Å². The molecule has 2 aliphatic rings. The van der Waals surface area contributed by atoms with E-state index in [0.29, 0.717) is 23.1 Å². The summed E-state index contributed by atoms with van der Waals surface area (Å²) in [5, 5.41) is 4.79. The summed E-state index contributed by atoms with van der Waals surface area (Å²) in [6.45, 7) is 8.32. The molecular weight excluding hydrogens is 1010 g/mol. The number of esters is 8. The molecule has 0 saturated carbocycles. The highest BCUT2D eigenvalue weighted by atomic mass is 33.1. The van der Waals surface area contributed by atoms with Gasteiger partial charge in [0.2, 0.25) is 12.3 Å². The zero-order valence-electron chi connectivity index (χ0n) is 38.5. The van der Waals surface area contributed by atoms with Crippen LogP contribution in [0.5, 0.6) is 0 Å². The second-order valence-electron chi connectivity index (χ2n) is 13.7. The second kappa shape index (κ2) is 32.7. The molecular formula is C37H60N4O24S4. The van der Waals surface area contributed by atoms with Crippen molar-refractivity contribution in [3.8, 4) is 0 Å². The third-order valence-electron chi connectivity index (χ3n) is 7.51. The minimum Gasteiger partial charge on any atom is -0.463 e. The Morgan fingerprint density at radius 2 is 0.928 bits per heavy atom. The Morgan fingerprint density at radius 3 is 1.29 bits per heavy atom. The number of amides is 2. The number of hydrogen-bond donors (Lipinski definition) is 3. The first kappa shape index (κ1) is 66.0. The molecule has 0 aliphatic carbocycles. The number of nitrogens with one attached hydrogen (secondary N) is 2. The van der Waals surface area contributed by atoms with E-state index in [4.69, 9.17) is 53.1 Å². The zero-order chi connectivity index (χ0) is 52.5. The number of nitrogens with zero attached hydrogens (tertiary/aromatic N) is 1. The lowest BCUT2D eigenvalue weighted by atomic mass is 9.97. The van der Waals surface area contributed by atoms with Gasteiger partial charge in [0.25, 0.3) is 0 Å². The summed E-state index contributed by atoms with van der Waals surface area (Å²) >= 11 is 0. The maximum absolute atomic E-state index is 12.3. The van der Waals surface area contributed by atoms with Crippen LogP contribution in [0.25, 0.3) is 0 Å². The summed E-state index contributed by atoms with van der Waals surface area (Å²) in [4.78, 5) is 118. The van der Waals surface area contributed by atoms with Crippen LogP contribution < -0.4 is 16.4 Å². The molecule has 0 aromatic rings. The Bertz CT molecular complexity index is 2040. The van der Waals surface area contributed by atoms with E-state index < -0.39 is 139 Å². The number of carbonyl (C=O) groups is 9. The SMILES string of the molecule is C.CC(=O)OCC1OC(N=C=O)C(OC(C)=O)C(OC(C)=O)C1OC(C)=O.CC(=O)OCC1OC(NC(=O)NCCSS(C)(=O)=O)C(OC(C)=O)C(OC(C)=O)C1OC(C)=O.CS(=O)(=O)SCCN. The van der Waals surface area contributed by atoms with Crippen LogP contribution in [-0.4, -0.2) is 188 Å². The van der Waals surface area contributed by atoms with Gasteiger partial charge in [-0.25, -0.2) is 26.4 Å². The molecule has 0 bridgehead atoms. The summed E-state index contributed by atoms with van der Waals surface area (Å²) < 4.78 is 94.9. The number of aliphatic imine (C=N–C) groups is 1. The van der Waals surface area contributed by atoms with Crippen molar-refractivity contribution in [2.24, 2.45) is 10.7 Å². The fourth-order valence-electron chi connectivity index (χ4n) is 5.44. The third kappa shape index (κ3) is 29.5. The van der Waals surface area contributed by atoms with Crippen molar-refractivity contribution in [2.45, 2.75) is 124 Å². The normalized spacial score (nSPS) is 23.7. The van der Waals surface area contributed by atoms with E-state index in [1.807, 2.05) is 0 Å². The van der Waals surface area contributed by atoms with Gasteiger partial charge in [-0.2, -0.15) is 4.99 Å². The van der Waals surface area contributed by atoms with E-state index >= 15 is 0 Å². The van der Waals surface area contributed by atoms with Crippen molar-refractivity contribution in [3.63, 3.8) is 0 Å². The molecule has 0 aromatic heterocycles. The molecule has 2 aliphatic heterocycles. The molecule has 0 spiro atoms. The van der Waals surface area contributed by atoms with E-state index in [0.717, 1.165) is 72.4 Å². The molecule has 2 saturated heterocycles. The summed E-state index contributed by atoms with van der Waals surface area (Å²) in [6, 6.07) is -0.824. The molecule has 2 heterocycles. The number of isocyanates is 1. The lowest BCUT2D eigenvalue weighted by Gasteiger charge is -2.44. The summed E-state index contributed by atoms with van der Waals surface area (Å²) in [5.41, 5.74) is 5.05. The van der Waals surface area contributed by atoms with Crippen molar-refractivity contribution < 1.29 is 112 Å². The van der Waals surface area contributed by atoms with Gasteiger partial charge in [-0.15, -0.1) is 0 Å². The summed E-state index contributed by atoms with van der Waals surface area (Å²) in [6.07, 6.45) is -9.96. The van der Waals surface area contributed by atoms with Gasteiger partial charge in [0.1, 0.15) is 25.4 Å². The lowest BCUT2D eigenvalue weighted by molar-refractivity contribution is -0.255. The minimum atomic E-state index is -3.30. The minimum absolute atomic E-state index is 0. The number of ether oxygens (including phenoxy) is 10. The van der Waals surface area contributed by atoms with Gasteiger partial charge < -0.3 is 63.7 Å². The fraction of sp³-hybridized carbons (Fsp3) is 0.730. The summed E-state index contributed by atoms with van der Waals surface area (Å²) in [5.74, 6) is -5.48. The molecule has 2 rings (SSSR count). The smallest absolute Gasteiger partial charge is 0.316 e. The molecule has 396 valence electrons. The molecule has 69 heavy (non-hydrogen) atoms. The first-order valence-corrected chi connectivity index (χ1v) is 26.3. The van der Waals surface area contributed by atoms with Crippen LogP contribution in [0.15, 0.2) is 4.99 Å². The maximum Gasteiger partial charge on any atom is 0.316 e. The van der Waals surface area contributed by atoms with Gasteiger partial charge in [0.15, 0.2) is 60.6 Å². The van der Waals surface area contributed by atoms with Gasteiger partial charge >= 0.3 is 53.8 Å². The van der Waals surface area contributed by atoms with E-state index in [2.05, 4.69) is 15.6 Å². The molecule has 28 nitrogen and oxygen atoms in total. The zero-order valence-corrected chi connectivity index (χ0v) is 41.7. The Balaban J connectivity index is 0. The van der Waals surface area contributed by atoms with Crippen LogP contribution in [0.2, 0.25) is 0 Å². The summed E-state index contributed by atoms with van der Waals surface area (Å²) in [7, 11) is -4.64.